The van der Waals surface area contributed by atoms with Crippen molar-refractivity contribution in [3.8, 4) is 5.75 Å². The van der Waals surface area contributed by atoms with E-state index in [1.807, 2.05) is 12.1 Å². The molecule has 0 heterocycles. The molecule has 1 atom stereocenters. The van der Waals surface area contributed by atoms with E-state index in [-0.39, 0.29) is 0 Å². The van der Waals surface area contributed by atoms with Gasteiger partial charge in [-0.05, 0) is 24.0 Å². The van der Waals surface area contributed by atoms with E-state index in [1.165, 1.54) is 0 Å². The quantitative estimate of drug-likeness (QED) is 0.704. The van der Waals surface area contributed by atoms with Crippen molar-refractivity contribution in [1.29, 1.82) is 0 Å². The van der Waals surface area contributed by atoms with E-state index in [1.54, 1.807) is 12.1 Å². The molecule has 2 nitrogen and oxygen atoms in total. The van der Waals surface area contributed by atoms with Gasteiger partial charge in [0.1, 0.15) is 5.75 Å². The number of hydrogen-bond acceptors (Lipinski definition) is 2. The van der Waals surface area contributed by atoms with Crippen molar-refractivity contribution in [2.75, 3.05) is 0 Å². The third-order valence-electron chi connectivity index (χ3n) is 2.27. The van der Waals surface area contributed by atoms with E-state index in [0.717, 1.165) is 12.0 Å². The molecule has 1 unspecified atom stereocenters. The van der Waals surface area contributed by atoms with Gasteiger partial charge < -0.3 is 4.52 Å². The van der Waals surface area contributed by atoms with Gasteiger partial charge in [0.25, 0.3) is 0 Å². The zero-order valence-electron chi connectivity index (χ0n) is 8.61. The lowest BCUT2D eigenvalue weighted by atomic mass is 9.98. The average Bonchev–Trinajstić information content (AvgIpc) is 2.15. The van der Waals surface area contributed by atoms with Crippen LogP contribution in [-0.4, -0.2) is 0 Å². The fourth-order valence-corrected chi connectivity index (χ4v) is 2.15. The predicted octanol–water partition coefficient (Wildman–Crippen LogP) is 5.16. The van der Waals surface area contributed by atoms with Gasteiger partial charge in [-0.15, -0.1) is 0 Å². The van der Waals surface area contributed by atoms with E-state index < -0.39 is 6.07 Å². The summed E-state index contributed by atoms with van der Waals surface area (Å²) in [7, 11) is 0. The van der Waals surface area contributed by atoms with Gasteiger partial charge in [-0.2, -0.15) is 0 Å². The highest BCUT2D eigenvalue weighted by atomic mass is 35.9. The summed E-state index contributed by atoms with van der Waals surface area (Å²) in [4.78, 5) is 0. The molecule has 5 heteroatoms. The van der Waals surface area contributed by atoms with Crippen LogP contribution in [-0.2, 0) is 4.57 Å². The summed E-state index contributed by atoms with van der Waals surface area (Å²) in [6.45, 7) is 4.14. The van der Waals surface area contributed by atoms with E-state index >= 15 is 0 Å². The summed E-state index contributed by atoms with van der Waals surface area (Å²) < 4.78 is 16.2. The van der Waals surface area contributed by atoms with Gasteiger partial charge in [-0.1, -0.05) is 32.0 Å². The first-order chi connectivity index (χ1) is 6.94. The van der Waals surface area contributed by atoms with Gasteiger partial charge in [-0.25, -0.2) is 4.57 Å². The van der Waals surface area contributed by atoms with Gasteiger partial charge in [-0.3, -0.25) is 0 Å². The molecule has 0 radical (unpaired) electrons. The normalized spacial score (nSPS) is 13.6. The fraction of sp³-hybridized carbons (Fsp3) is 0.400. The molecule has 0 spiro atoms. The van der Waals surface area contributed by atoms with Crippen LogP contribution in [0.15, 0.2) is 24.3 Å². The Kier molecular flexibility index (Phi) is 4.51. The molecule has 0 saturated carbocycles. The highest BCUT2D eigenvalue weighted by Crippen LogP contribution is 2.57. The summed E-state index contributed by atoms with van der Waals surface area (Å²) >= 11 is 10.8. The Morgan fingerprint density at radius 2 is 2.00 bits per heavy atom. The minimum atomic E-state index is -3.52. The zero-order valence-corrected chi connectivity index (χ0v) is 11.0. The molecular formula is C10H13Cl2O2P. The van der Waals surface area contributed by atoms with Gasteiger partial charge in [0.2, 0.25) is 0 Å². The molecule has 84 valence electrons. The van der Waals surface area contributed by atoms with E-state index in [2.05, 4.69) is 13.8 Å². The highest BCUT2D eigenvalue weighted by Gasteiger charge is 2.19. The van der Waals surface area contributed by atoms with Crippen molar-refractivity contribution < 1.29 is 9.09 Å². The highest BCUT2D eigenvalue weighted by molar-refractivity contribution is 8.05. The van der Waals surface area contributed by atoms with Crippen molar-refractivity contribution in [3.05, 3.63) is 29.8 Å². The van der Waals surface area contributed by atoms with Crippen LogP contribution in [0.5, 0.6) is 5.75 Å². The van der Waals surface area contributed by atoms with Crippen LogP contribution in [0.4, 0.5) is 0 Å². The Bertz CT molecular complexity index is 375. The monoisotopic (exact) mass is 266 g/mol. The first-order valence-corrected chi connectivity index (χ1v) is 8.15. The van der Waals surface area contributed by atoms with Gasteiger partial charge >= 0.3 is 6.07 Å². The molecule has 0 aliphatic heterocycles. The average molecular weight is 267 g/mol. The molecule has 1 aromatic rings. The van der Waals surface area contributed by atoms with Crippen molar-refractivity contribution in [2.24, 2.45) is 0 Å². The van der Waals surface area contributed by atoms with Crippen LogP contribution in [0.1, 0.15) is 31.7 Å². The largest absolute Gasteiger partial charge is 0.428 e. The van der Waals surface area contributed by atoms with Crippen LogP contribution in [0.3, 0.4) is 0 Å². The SMILES string of the molecule is CCC(C)c1ccccc1OP(=O)(Cl)Cl. The van der Waals surface area contributed by atoms with Crippen molar-refractivity contribution in [2.45, 2.75) is 26.2 Å². The lowest BCUT2D eigenvalue weighted by Crippen LogP contribution is -1.95. The Morgan fingerprint density at radius 1 is 1.40 bits per heavy atom. The van der Waals surface area contributed by atoms with Gasteiger partial charge in [0.05, 0.1) is 0 Å². The summed E-state index contributed by atoms with van der Waals surface area (Å²) in [5.74, 6) is 0.821. The third kappa shape index (κ3) is 4.06. The van der Waals surface area contributed by atoms with Crippen LogP contribution >= 0.6 is 28.6 Å². The molecular weight excluding hydrogens is 254 g/mol. The molecule has 0 saturated heterocycles. The second-order valence-electron chi connectivity index (χ2n) is 3.35. The van der Waals surface area contributed by atoms with Crippen LogP contribution in [0, 0.1) is 0 Å². The fourth-order valence-electron chi connectivity index (χ4n) is 1.31. The summed E-state index contributed by atoms with van der Waals surface area (Å²) in [6.07, 6.45) is -2.55. The molecule has 0 aliphatic carbocycles. The maximum Gasteiger partial charge on any atom is 0.428 e. The first kappa shape index (κ1) is 12.9. The minimum Gasteiger partial charge on any atom is -0.422 e. The summed E-state index contributed by atoms with van der Waals surface area (Å²) in [5.41, 5.74) is 0.974. The predicted molar refractivity (Wildman–Crippen MR) is 65.1 cm³/mol. The topological polar surface area (TPSA) is 26.3 Å². The number of rotatable bonds is 4. The van der Waals surface area contributed by atoms with Crippen molar-refractivity contribution in [1.82, 2.24) is 0 Å². The molecule has 15 heavy (non-hydrogen) atoms. The zero-order chi connectivity index (χ0) is 11.5. The Labute approximate surface area is 99.6 Å². The van der Waals surface area contributed by atoms with Crippen molar-refractivity contribution in [3.63, 3.8) is 0 Å². The van der Waals surface area contributed by atoms with Crippen molar-refractivity contribution >= 4 is 28.6 Å². The van der Waals surface area contributed by atoms with Crippen LogP contribution in [0.2, 0.25) is 0 Å². The molecule has 0 aromatic heterocycles. The molecule has 0 N–H and O–H groups in total. The number of benzene rings is 1. The number of hydrogen-bond donors (Lipinski definition) is 0. The Balaban J connectivity index is 3.01. The van der Waals surface area contributed by atoms with Crippen LogP contribution in [0.25, 0.3) is 0 Å². The molecule has 0 fully saturated rings. The lowest BCUT2D eigenvalue weighted by molar-refractivity contribution is 0.506. The maximum absolute atomic E-state index is 11.2. The Morgan fingerprint density at radius 3 is 2.53 bits per heavy atom. The third-order valence-corrected chi connectivity index (χ3v) is 3.09. The Hall–Kier alpha value is -0.170. The maximum atomic E-state index is 11.2. The molecule has 0 bridgehead atoms. The standard InChI is InChI=1S/C10H13Cl2O2P/c1-3-8(2)9-6-4-5-7-10(9)14-15(11,12)13/h4-8H,3H2,1-2H3. The van der Waals surface area contributed by atoms with Gasteiger partial charge in [0, 0.05) is 22.5 Å². The van der Waals surface area contributed by atoms with Gasteiger partial charge in [0.15, 0.2) is 0 Å². The lowest BCUT2D eigenvalue weighted by Gasteiger charge is -2.15. The van der Waals surface area contributed by atoms with Crippen LogP contribution < -0.4 is 4.52 Å². The molecule has 1 aromatic carbocycles. The molecule has 0 aliphatic rings. The molecule has 0 amide bonds. The minimum absolute atomic E-state index is 0.320. The number of halogens is 2. The smallest absolute Gasteiger partial charge is 0.422 e. The number of para-hydroxylation sites is 1. The van der Waals surface area contributed by atoms with E-state index in [4.69, 9.17) is 27.0 Å². The van der Waals surface area contributed by atoms with E-state index in [9.17, 15) is 4.57 Å². The van der Waals surface area contributed by atoms with E-state index in [0.29, 0.717) is 11.7 Å². The first-order valence-electron chi connectivity index (χ1n) is 4.72. The second-order valence-corrected chi connectivity index (χ2v) is 7.55. The molecule has 1 rings (SSSR count). The second kappa shape index (κ2) is 5.25. The summed E-state index contributed by atoms with van der Waals surface area (Å²) in [5, 5.41) is 0. The summed E-state index contributed by atoms with van der Waals surface area (Å²) in [6, 6.07) is 7.35.